The zero-order valence-corrected chi connectivity index (χ0v) is 17.7. The van der Waals surface area contributed by atoms with Crippen molar-refractivity contribution in [1.82, 2.24) is 15.3 Å². The lowest BCUT2D eigenvalue weighted by molar-refractivity contribution is -0.309. The van der Waals surface area contributed by atoms with E-state index >= 15 is 0 Å². The molecule has 1 aliphatic heterocycles. The number of hydrogen-bond acceptors (Lipinski definition) is 11. The van der Waals surface area contributed by atoms with Crippen molar-refractivity contribution in [3.8, 4) is 0 Å². The molecule has 2 heterocycles. The summed E-state index contributed by atoms with van der Waals surface area (Å²) in [5.41, 5.74) is 6.51. The number of fused-ring (bicyclic) bond motifs is 1. The van der Waals surface area contributed by atoms with Crippen LogP contribution in [0, 0.1) is 0 Å². The molecule has 0 spiro atoms. The number of H-pyrrole nitrogens is 1. The first-order valence-electron chi connectivity index (χ1n) is 10.1. The number of carboxylic acid groups (broad SMARTS) is 2. The number of carbonyl (C=O) groups is 3. The molecule has 6 N–H and O–H groups in total. The maximum absolute atomic E-state index is 12.3. The Morgan fingerprint density at radius 1 is 1.27 bits per heavy atom. The predicted octanol–water partition coefficient (Wildman–Crippen LogP) is -2.93. The van der Waals surface area contributed by atoms with Crippen molar-refractivity contribution >= 4 is 41.0 Å². The molecule has 1 amide bonds. The van der Waals surface area contributed by atoms with Gasteiger partial charge < -0.3 is 46.4 Å². The Morgan fingerprint density at radius 3 is 2.61 bits per heavy atom. The lowest BCUT2D eigenvalue weighted by Crippen LogP contribution is -2.48. The fraction of sp³-hybridized carbons (Fsp3) is 0.350. The Balaban J connectivity index is 1.58. The molecule has 1 aromatic carbocycles. The second-order valence-corrected chi connectivity index (χ2v) is 7.51. The van der Waals surface area contributed by atoms with E-state index < -0.39 is 30.3 Å². The molecule has 33 heavy (non-hydrogen) atoms. The average Bonchev–Trinajstić information content (AvgIpc) is 2.75. The van der Waals surface area contributed by atoms with Gasteiger partial charge in [-0.25, -0.2) is 0 Å². The van der Waals surface area contributed by atoms with Gasteiger partial charge in [-0.15, -0.1) is 0 Å². The SMILES string of the molecule is CN1c2c(nc(N)[nH]c2=O)NCC1CNc1ccc(C(=O)N[C@@H](CCC(=O)[O-])C(=O)[O-])cc1. The smallest absolute Gasteiger partial charge is 0.278 e. The first kappa shape index (κ1) is 23.4. The number of benzene rings is 1. The maximum Gasteiger partial charge on any atom is 0.278 e. The number of carboxylic acids is 2. The molecule has 1 unspecified atom stereocenters. The number of aromatic nitrogens is 2. The number of nitrogens with one attached hydrogen (secondary N) is 4. The molecule has 0 radical (unpaired) electrons. The number of nitrogens with zero attached hydrogens (tertiary/aromatic N) is 2. The highest BCUT2D eigenvalue weighted by Gasteiger charge is 2.27. The topological polar surface area (TPSA) is 208 Å². The molecule has 1 aromatic heterocycles. The van der Waals surface area contributed by atoms with Gasteiger partial charge in [0.2, 0.25) is 5.95 Å². The lowest BCUT2D eigenvalue weighted by atomic mass is 10.1. The van der Waals surface area contributed by atoms with Crippen molar-refractivity contribution in [2.45, 2.75) is 24.9 Å². The van der Waals surface area contributed by atoms with Gasteiger partial charge in [0, 0.05) is 37.4 Å². The van der Waals surface area contributed by atoms with Gasteiger partial charge in [0.1, 0.15) is 5.69 Å². The minimum absolute atomic E-state index is 0.0326. The van der Waals surface area contributed by atoms with Crippen LogP contribution in [0.25, 0.3) is 0 Å². The molecule has 13 nitrogen and oxygen atoms in total. The van der Waals surface area contributed by atoms with Crippen LogP contribution < -0.4 is 42.4 Å². The minimum atomic E-state index is -1.58. The Morgan fingerprint density at radius 2 is 1.97 bits per heavy atom. The van der Waals surface area contributed by atoms with Crippen molar-refractivity contribution in [2.75, 3.05) is 41.4 Å². The molecule has 2 atom stereocenters. The summed E-state index contributed by atoms with van der Waals surface area (Å²) < 4.78 is 0. The van der Waals surface area contributed by atoms with Gasteiger partial charge in [-0.3, -0.25) is 14.6 Å². The summed E-state index contributed by atoms with van der Waals surface area (Å²) in [6.07, 6.45) is -0.862. The van der Waals surface area contributed by atoms with Crippen LogP contribution in [0.4, 0.5) is 23.1 Å². The summed E-state index contributed by atoms with van der Waals surface area (Å²) in [6, 6.07) is 4.75. The summed E-state index contributed by atoms with van der Waals surface area (Å²) in [7, 11) is 1.78. The van der Waals surface area contributed by atoms with E-state index in [1.54, 1.807) is 24.1 Å². The molecule has 1 aliphatic rings. The van der Waals surface area contributed by atoms with Gasteiger partial charge in [0.25, 0.3) is 11.5 Å². The number of likely N-dealkylation sites (N-methyl/N-ethyl adjacent to an activating group) is 1. The van der Waals surface area contributed by atoms with Crippen LogP contribution in [0.15, 0.2) is 29.1 Å². The monoisotopic (exact) mass is 457 g/mol. The van der Waals surface area contributed by atoms with Gasteiger partial charge in [-0.05, 0) is 37.1 Å². The van der Waals surface area contributed by atoms with Crippen LogP contribution in [-0.4, -0.2) is 60.0 Å². The highest BCUT2D eigenvalue weighted by Crippen LogP contribution is 2.25. The minimum Gasteiger partial charge on any atom is -0.550 e. The molecule has 0 bridgehead atoms. The molecule has 176 valence electrons. The molecule has 3 rings (SSSR count). The zero-order chi connectivity index (χ0) is 24.1. The Bertz CT molecular complexity index is 1100. The quantitative estimate of drug-likeness (QED) is 0.257. The van der Waals surface area contributed by atoms with E-state index in [-0.39, 0.29) is 29.5 Å². The number of anilines is 4. The summed E-state index contributed by atoms with van der Waals surface area (Å²) >= 11 is 0. The number of rotatable bonds is 9. The van der Waals surface area contributed by atoms with E-state index in [1.807, 2.05) is 0 Å². The third-order valence-electron chi connectivity index (χ3n) is 5.23. The van der Waals surface area contributed by atoms with E-state index in [4.69, 9.17) is 5.73 Å². The highest BCUT2D eigenvalue weighted by molar-refractivity contribution is 5.96. The predicted molar refractivity (Wildman–Crippen MR) is 115 cm³/mol. The van der Waals surface area contributed by atoms with Gasteiger partial charge in [-0.2, -0.15) is 4.98 Å². The summed E-state index contributed by atoms with van der Waals surface area (Å²) in [5.74, 6) is -3.22. The van der Waals surface area contributed by atoms with Crippen LogP contribution in [0.5, 0.6) is 0 Å². The van der Waals surface area contributed by atoms with E-state index in [2.05, 4.69) is 25.9 Å². The lowest BCUT2D eigenvalue weighted by Gasteiger charge is -2.35. The molecule has 13 heteroatoms. The Labute approximate surface area is 188 Å². The number of carbonyl (C=O) groups excluding carboxylic acids is 3. The van der Waals surface area contributed by atoms with Crippen LogP contribution in [-0.2, 0) is 9.59 Å². The molecular formula is C20H23N7O6-2. The summed E-state index contributed by atoms with van der Waals surface area (Å²) in [6.45, 7) is 0.984. The Kier molecular flexibility index (Phi) is 7.00. The van der Waals surface area contributed by atoms with Gasteiger partial charge >= 0.3 is 0 Å². The summed E-state index contributed by atoms with van der Waals surface area (Å²) in [4.78, 5) is 54.5. The van der Waals surface area contributed by atoms with Crippen molar-refractivity contribution in [3.63, 3.8) is 0 Å². The van der Waals surface area contributed by atoms with Crippen LogP contribution in [0.2, 0.25) is 0 Å². The largest absolute Gasteiger partial charge is 0.550 e. The highest BCUT2D eigenvalue weighted by atomic mass is 16.4. The van der Waals surface area contributed by atoms with Crippen molar-refractivity contribution in [1.29, 1.82) is 0 Å². The second-order valence-electron chi connectivity index (χ2n) is 7.51. The third kappa shape index (κ3) is 5.70. The molecular weight excluding hydrogens is 434 g/mol. The summed E-state index contributed by atoms with van der Waals surface area (Å²) in [5, 5.41) is 30.2. The number of nitrogen functional groups attached to an aromatic ring is 1. The average molecular weight is 457 g/mol. The molecule has 0 saturated heterocycles. The van der Waals surface area contributed by atoms with Crippen LogP contribution >= 0.6 is 0 Å². The normalized spacial score (nSPS) is 15.7. The van der Waals surface area contributed by atoms with Crippen LogP contribution in [0.3, 0.4) is 0 Å². The molecule has 2 aromatic rings. The number of amides is 1. The number of aromatic amines is 1. The van der Waals surface area contributed by atoms with Gasteiger partial charge in [0.15, 0.2) is 5.82 Å². The van der Waals surface area contributed by atoms with E-state index in [9.17, 15) is 29.4 Å². The van der Waals surface area contributed by atoms with Crippen molar-refractivity contribution < 1.29 is 24.6 Å². The Hall–Kier alpha value is -4.29. The van der Waals surface area contributed by atoms with Crippen molar-refractivity contribution in [3.05, 3.63) is 40.2 Å². The maximum atomic E-state index is 12.3. The molecule has 0 aliphatic carbocycles. The fourth-order valence-electron chi connectivity index (χ4n) is 3.41. The third-order valence-corrected chi connectivity index (χ3v) is 5.23. The van der Waals surface area contributed by atoms with E-state index in [0.717, 1.165) is 0 Å². The zero-order valence-electron chi connectivity index (χ0n) is 17.7. The molecule has 0 fully saturated rings. The fourth-order valence-corrected chi connectivity index (χ4v) is 3.41. The molecule has 0 saturated carbocycles. The van der Waals surface area contributed by atoms with E-state index in [1.165, 1.54) is 12.1 Å². The number of nitrogens with two attached hydrogens (primary N) is 1. The number of hydrogen-bond donors (Lipinski definition) is 5. The number of aliphatic carboxylic acids is 2. The van der Waals surface area contributed by atoms with Crippen molar-refractivity contribution in [2.24, 2.45) is 0 Å². The first-order chi connectivity index (χ1) is 15.7. The second kappa shape index (κ2) is 9.89. The standard InChI is InChI=1S/C20H25N7O6/c1-27-12(9-23-16-15(27)18(31)26-20(21)25-16)8-22-11-4-2-10(3-5-11)17(30)24-13(19(32)33)6-7-14(28)29/h2-5,12-13,22H,6-9H2,1H3,(H,24,30)(H,28,29)(H,32,33)(H4,21,23,25,26,31)/p-2/t12?,13-/m0/s1. The van der Waals surface area contributed by atoms with E-state index in [0.29, 0.717) is 30.3 Å². The van der Waals surface area contributed by atoms with Gasteiger partial charge in [0.05, 0.1) is 18.1 Å². The van der Waals surface area contributed by atoms with Crippen LogP contribution in [0.1, 0.15) is 23.2 Å². The first-order valence-corrected chi connectivity index (χ1v) is 10.1. The van der Waals surface area contributed by atoms with Gasteiger partial charge in [-0.1, -0.05) is 0 Å².